The minimum Gasteiger partial charge on any atom is -0.376 e. The van der Waals surface area contributed by atoms with Crippen LogP contribution in [0.2, 0.25) is 0 Å². The molecule has 1 saturated heterocycles. The van der Waals surface area contributed by atoms with Gasteiger partial charge in [-0.15, -0.1) is 0 Å². The molecule has 2 N–H and O–H groups in total. The molecule has 0 aromatic heterocycles. The summed E-state index contributed by atoms with van der Waals surface area (Å²) in [6.07, 6.45) is 3.91. The van der Waals surface area contributed by atoms with E-state index in [1.807, 2.05) is 54.6 Å². The lowest BCUT2D eigenvalue weighted by atomic mass is 10.0. The van der Waals surface area contributed by atoms with Crippen molar-refractivity contribution in [3.8, 4) is 11.1 Å². The van der Waals surface area contributed by atoms with E-state index in [0.29, 0.717) is 18.8 Å². The quantitative estimate of drug-likeness (QED) is 0.519. The number of rotatable bonds is 7. The van der Waals surface area contributed by atoms with Crippen LogP contribution in [0, 0.1) is 0 Å². The van der Waals surface area contributed by atoms with Gasteiger partial charge in [-0.05, 0) is 42.7 Å². The van der Waals surface area contributed by atoms with E-state index in [9.17, 15) is 13.2 Å². The molecule has 1 amide bonds. The van der Waals surface area contributed by atoms with E-state index in [2.05, 4.69) is 10.6 Å². The Bertz CT molecular complexity index is 1190. The fourth-order valence-electron chi connectivity index (χ4n) is 4.04. The summed E-state index contributed by atoms with van der Waals surface area (Å²) in [6, 6.07) is 24.2. The lowest BCUT2D eigenvalue weighted by molar-refractivity contribution is -0.114. The maximum absolute atomic E-state index is 13.1. The number of anilines is 2. The molecule has 1 aliphatic rings. The number of hydrogen-bond donors (Lipinski definition) is 2. The van der Waals surface area contributed by atoms with Crippen molar-refractivity contribution < 1.29 is 13.2 Å². The molecular weight excluding hydrogens is 434 g/mol. The summed E-state index contributed by atoms with van der Waals surface area (Å²) < 4.78 is 27.7. The van der Waals surface area contributed by atoms with Crippen LogP contribution in [0.1, 0.15) is 25.7 Å². The lowest BCUT2D eigenvalue weighted by Crippen LogP contribution is -2.32. The molecule has 0 aliphatic carbocycles. The highest BCUT2D eigenvalue weighted by atomic mass is 32.2. The molecule has 4 rings (SSSR count). The third-order valence-corrected chi connectivity index (χ3v) is 7.67. The smallest absolute Gasteiger partial charge is 0.243 e. The van der Waals surface area contributed by atoms with Crippen molar-refractivity contribution in [2.45, 2.75) is 30.6 Å². The first-order valence-electron chi connectivity index (χ1n) is 11.3. The van der Waals surface area contributed by atoms with E-state index in [-0.39, 0.29) is 17.3 Å². The van der Waals surface area contributed by atoms with Gasteiger partial charge >= 0.3 is 0 Å². The van der Waals surface area contributed by atoms with Crippen LogP contribution < -0.4 is 10.6 Å². The Labute approximate surface area is 195 Å². The third-order valence-electron chi connectivity index (χ3n) is 5.78. The highest BCUT2D eigenvalue weighted by Gasteiger charge is 2.25. The first kappa shape index (κ1) is 23.0. The van der Waals surface area contributed by atoms with E-state index < -0.39 is 10.0 Å². The molecule has 172 valence electrons. The van der Waals surface area contributed by atoms with Gasteiger partial charge in [0.1, 0.15) is 0 Å². The Balaban J connectivity index is 1.42. The summed E-state index contributed by atoms with van der Waals surface area (Å²) in [5, 5.41) is 6.01. The summed E-state index contributed by atoms with van der Waals surface area (Å²) in [4.78, 5) is 12.9. The average molecular weight is 464 g/mol. The molecule has 0 unspecified atom stereocenters. The number of para-hydroxylation sites is 1. The van der Waals surface area contributed by atoms with Crippen LogP contribution in [-0.4, -0.2) is 38.3 Å². The van der Waals surface area contributed by atoms with Crippen LogP contribution in [-0.2, 0) is 14.8 Å². The maximum Gasteiger partial charge on any atom is 0.243 e. The van der Waals surface area contributed by atoms with Gasteiger partial charge in [0, 0.05) is 30.0 Å². The summed E-state index contributed by atoms with van der Waals surface area (Å²) in [5.41, 5.74) is 3.29. The molecule has 1 heterocycles. The molecule has 0 atom stereocenters. The Hall–Kier alpha value is -3.16. The van der Waals surface area contributed by atoms with Gasteiger partial charge in [0.25, 0.3) is 0 Å². The van der Waals surface area contributed by atoms with E-state index >= 15 is 0 Å². The molecule has 7 heteroatoms. The number of carbonyl (C=O) groups excluding carboxylic acids is 1. The molecule has 0 bridgehead atoms. The fraction of sp³-hybridized carbons (Fsp3) is 0.269. The monoisotopic (exact) mass is 463 g/mol. The first-order valence-corrected chi connectivity index (χ1v) is 12.8. The summed E-state index contributed by atoms with van der Waals surface area (Å²) in [5.74, 6) is -0.209. The van der Waals surface area contributed by atoms with Gasteiger partial charge in [0.2, 0.25) is 15.9 Å². The van der Waals surface area contributed by atoms with Crippen molar-refractivity contribution >= 4 is 27.3 Å². The fourth-order valence-corrected chi connectivity index (χ4v) is 5.60. The second kappa shape index (κ2) is 10.6. The van der Waals surface area contributed by atoms with Crippen molar-refractivity contribution in [2.75, 3.05) is 30.3 Å². The van der Waals surface area contributed by atoms with Crippen molar-refractivity contribution in [2.24, 2.45) is 0 Å². The van der Waals surface area contributed by atoms with Crippen LogP contribution in [0.5, 0.6) is 0 Å². The van der Waals surface area contributed by atoms with Gasteiger partial charge in [-0.3, -0.25) is 4.79 Å². The van der Waals surface area contributed by atoms with Gasteiger partial charge in [-0.25, -0.2) is 8.42 Å². The molecule has 0 radical (unpaired) electrons. The molecular formula is C26H29N3O3S. The van der Waals surface area contributed by atoms with Crippen molar-refractivity contribution in [3.05, 3.63) is 78.9 Å². The Morgan fingerprint density at radius 2 is 1.52 bits per heavy atom. The Morgan fingerprint density at radius 1 is 0.818 bits per heavy atom. The zero-order valence-electron chi connectivity index (χ0n) is 18.5. The number of nitrogens with zero attached hydrogens (tertiary/aromatic N) is 1. The molecule has 3 aromatic rings. The van der Waals surface area contributed by atoms with Crippen LogP contribution in [0.4, 0.5) is 11.4 Å². The molecule has 6 nitrogen and oxygen atoms in total. The van der Waals surface area contributed by atoms with Crippen LogP contribution >= 0.6 is 0 Å². The number of benzene rings is 3. The normalized spacial score (nSPS) is 14.9. The Kier molecular flexibility index (Phi) is 7.42. The number of nitrogens with one attached hydrogen (secondary N) is 2. The lowest BCUT2D eigenvalue weighted by Gasteiger charge is -2.20. The van der Waals surface area contributed by atoms with E-state index in [1.54, 1.807) is 28.6 Å². The second-order valence-electron chi connectivity index (χ2n) is 8.16. The molecule has 0 spiro atoms. The van der Waals surface area contributed by atoms with Crippen molar-refractivity contribution in [1.82, 2.24) is 4.31 Å². The van der Waals surface area contributed by atoms with Gasteiger partial charge in [-0.2, -0.15) is 4.31 Å². The highest BCUT2D eigenvalue weighted by molar-refractivity contribution is 7.89. The number of hydrogen-bond acceptors (Lipinski definition) is 4. The first-order chi connectivity index (χ1) is 16.0. The molecule has 1 fully saturated rings. The summed E-state index contributed by atoms with van der Waals surface area (Å²) in [6.45, 7) is 1.14. The van der Waals surface area contributed by atoms with Crippen molar-refractivity contribution in [1.29, 1.82) is 0 Å². The predicted octanol–water partition coefficient (Wildman–Crippen LogP) is 4.97. The molecule has 33 heavy (non-hydrogen) atoms. The zero-order chi connectivity index (χ0) is 23.1. The molecule has 3 aromatic carbocycles. The van der Waals surface area contributed by atoms with E-state index in [0.717, 1.165) is 42.5 Å². The van der Waals surface area contributed by atoms with Gasteiger partial charge in [0.15, 0.2) is 0 Å². The minimum absolute atomic E-state index is 0.0241. The number of amides is 1. The third kappa shape index (κ3) is 5.80. The average Bonchev–Trinajstić information content (AvgIpc) is 3.14. The summed E-state index contributed by atoms with van der Waals surface area (Å²) in [7, 11) is -3.54. The van der Waals surface area contributed by atoms with Gasteiger partial charge < -0.3 is 10.6 Å². The van der Waals surface area contributed by atoms with Crippen LogP contribution in [0.25, 0.3) is 11.1 Å². The molecule has 1 aliphatic heterocycles. The summed E-state index contributed by atoms with van der Waals surface area (Å²) >= 11 is 0. The standard InChI is InChI=1S/C26H29N3O3S/c30-26(28-25-16-7-6-15-24(25)21-11-4-3-5-12-21)20-27-22-13-10-14-23(19-22)33(31,32)29-17-8-1-2-9-18-29/h3-7,10-16,19,27H,1-2,8-9,17-18,20H2,(H,28,30). The van der Waals surface area contributed by atoms with Crippen LogP contribution in [0.3, 0.4) is 0 Å². The van der Waals surface area contributed by atoms with E-state index in [4.69, 9.17) is 0 Å². The van der Waals surface area contributed by atoms with Crippen LogP contribution in [0.15, 0.2) is 83.8 Å². The maximum atomic E-state index is 13.1. The predicted molar refractivity (Wildman–Crippen MR) is 133 cm³/mol. The van der Waals surface area contributed by atoms with Gasteiger partial charge in [-0.1, -0.05) is 67.4 Å². The largest absolute Gasteiger partial charge is 0.376 e. The van der Waals surface area contributed by atoms with E-state index in [1.165, 1.54) is 0 Å². The van der Waals surface area contributed by atoms with Crippen molar-refractivity contribution in [3.63, 3.8) is 0 Å². The topological polar surface area (TPSA) is 78.5 Å². The second-order valence-corrected chi connectivity index (χ2v) is 10.1. The highest BCUT2D eigenvalue weighted by Crippen LogP contribution is 2.27. The molecule has 0 saturated carbocycles. The minimum atomic E-state index is -3.54. The SMILES string of the molecule is O=C(CNc1cccc(S(=O)(=O)N2CCCCCC2)c1)Nc1ccccc1-c1ccccc1. The van der Waals surface area contributed by atoms with Gasteiger partial charge in [0.05, 0.1) is 11.4 Å². The number of carbonyl (C=O) groups is 1. The zero-order valence-corrected chi connectivity index (χ0v) is 19.4. The Morgan fingerprint density at radius 3 is 2.27 bits per heavy atom. The number of sulfonamides is 1.